The van der Waals surface area contributed by atoms with Crippen LogP contribution in [0.25, 0.3) is 0 Å². The normalized spacial score (nSPS) is 45.5. The first-order valence-electron chi connectivity index (χ1n) is 36.5. The van der Waals surface area contributed by atoms with Crippen LogP contribution in [0.15, 0.2) is 0 Å². The number of nitrogens with two attached hydrogens (primary N) is 2. The zero-order valence-corrected chi connectivity index (χ0v) is 65.2. The first-order chi connectivity index (χ1) is 56.3. The van der Waals surface area contributed by atoms with E-state index >= 15 is 0 Å². The molecule has 34 N–H and O–H groups in total. The Labute approximate surface area is 675 Å². The van der Waals surface area contributed by atoms with Crippen molar-refractivity contribution in [2.24, 2.45) is 11.5 Å². The molecule has 8 heterocycles. The van der Waals surface area contributed by atoms with Gasteiger partial charge >= 0.3 is 35.4 Å². The van der Waals surface area contributed by atoms with Crippen LogP contribution >= 0.6 is 23.5 Å². The molecule has 0 spiro atoms. The van der Waals surface area contributed by atoms with Gasteiger partial charge in [-0.25, -0.2) is 18.5 Å². The van der Waals surface area contributed by atoms with Crippen molar-refractivity contribution in [3.05, 3.63) is 0 Å². The van der Waals surface area contributed by atoms with Crippen LogP contribution in [-0.4, -0.2) is 507 Å². The average molecular weight is 1830 g/mol. The van der Waals surface area contributed by atoms with Crippen LogP contribution in [0.3, 0.4) is 0 Å². The summed E-state index contributed by atoms with van der Waals surface area (Å²) in [5.74, 6) is -7.74. The van der Waals surface area contributed by atoms with Gasteiger partial charge in [-0.2, -0.15) is 4.31 Å². The number of hydrogen-bond donors (Lipinski definition) is 32. The van der Waals surface area contributed by atoms with Crippen molar-refractivity contribution in [3.8, 4) is 0 Å². The van der Waals surface area contributed by atoms with Crippen LogP contribution in [0.2, 0.25) is 0 Å². The summed E-state index contributed by atoms with van der Waals surface area (Å²) in [5.41, 5.74) is 10.8. The number of phosphoric acid groups is 3. The van der Waals surface area contributed by atoms with Gasteiger partial charge in [0.1, 0.15) is 208 Å². The van der Waals surface area contributed by atoms with Gasteiger partial charge in [0, 0.05) is 26.4 Å². The van der Waals surface area contributed by atoms with E-state index in [9.17, 15) is 176 Å². The summed E-state index contributed by atoms with van der Waals surface area (Å²) in [4.78, 5) is 58.9. The highest BCUT2D eigenvalue weighted by Gasteiger charge is 2.65. The van der Waals surface area contributed by atoms with E-state index in [1.807, 2.05) is 0 Å². The number of carbonyl (C=O) groups is 2. The van der Waals surface area contributed by atoms with E-state index in [-0.39, 0.29) is 0 Å². The predicted molar refractivity (Wildman–Crippen MR) is 361 cm³/mol. The third-order valence-electron chi connectivity index (χ3n) is 19.9. The highest BCUT2D eigenvalue weighted by Crippen LogP contribution is 2.62. The van der Waals surface area contributed by atoms with E-state index in [0.717, 1.165) is 0 Å². The molecule has 3 unspecified atom stereocenters. The van der Waals surface area contributed by atoms with Crippen molar-refractivity contribution in [2.75, 3.05) is 79.2 Å². The Kier molecular flexibility index (Phi) is 38.0. The van der Waals surface area contributed by atoms with Crippen LogP contribution < -0.4 is 11.5 Å². The van der Waals surface area contributed by atoms with Gasteiger partial charge in [0.2, 0.25) is 0 Å². The van der Waals surface area contributed by atoms with E-state index in [1.165, 1.54) is 0 Å². The SMILES string of the molecule is CC(=O)O[C@@H]1[C@@H](O[C@@H]2[C@@H](O[C@@H]3[C@H](O)[C@@H](O[C@H]4[C@@H]([C@H](O)CO)O[C@@](O)(C(=O)O)C[C@H]4OP(=O)(O)OP(=O)(O)OCCN)O[C@H]([C@@H](O)CO)[C@H]3O[C@@H]3O[C@H](CO)[C@@H](O)[C@H](O)[C@H]3O)O[C@H]([C@H](CO)OP(=O)(O)OCCN)[C@@H](O)[C@@H]2O[C@H]2O[C@H](CO)[C@@H](O[C@@H]3O[C@H](CO)[C@@H](O)[C@H](O)[C@H]3O)[C@H](O)[C@H]2O)O[C@H]([C@@H](O)CO)[C@@H](O)[C@@H]1O[C@@H]1O[C@H](CO)[C@@H](O)[C@H](O)[C@H]1O. The van der Waals surface area contributed by atoms with Crippen molar-refractivity contribution in [1.82, 2.24) is 0 Å². The number of rotatable bonds is 40. The van der Waals surface area contributed by atoms with Gasteiger partial charge < -0.3 is 240 Å². The third-order valence-corrected chi connectivity index (χ3v) is 23.7. The topological polar surface area (TPSA) is 938 Å². The second-order valence-corrected chi connectivity index (χ2v) is 32.7. The van der Waals surface area contributed by atoms with Crippen molar-refractivity contribution in [3.63, 3.8) is 0 Å². The smallest absolute Gasteiger partial charge is 0.477 e. The van der Waals surface area contributed by atoms with Crippen molar-refractivity contribution in [1.29, 1.82) is 0 Å². The number of carboxylic acids is 1. The summed E-state index contributed by atoms with van der Waals surface area (Å²) >= 11 is 0. The molecule has 0 radical (unpaired) electrons. The number of phosphoric ester groups is 3. The second kappa shape index (κ2) is 44.3. The number of aliphatic hydroxyl groups is 26. The molecule has 8 aliphatic heterocycles. The lowest BCUT2D eigenvalue weighted by Gasteiger charge is -2.53. The molecular weight excluding hydrogens is 1730 g/mol. The minimum Gasteiger partial charge on any atom is -0.477 e. The number of carbonyl (C=O) groups excluding carboxylic acids is 1. The molecule has 61 heteroatoms. The molecule has 58 nitrogen and oxygen atoms in total. The highest BCUT2D eigenvalue weighted by molar-refractivity contribution is 7.61. The largest absolute Gasteiger partial charge is 0.481 e. The lowest BCUT2D eigenvalue weighted by Crippen LogP contribution is -2.72. The average Bonchev–Trinajstić information content (AvgIpc) is 0.750. The summed E-state index contributed by atoms with van der Waals surface area (Å²) in [5, 5.41) is 302. The van der Waals surface area contributed by atoms with Gasteiger partial charge in [0.15, 0.2) is 50.1 Å². The minimum atomic E-state index is -6.41. The molecular formula is C59H105N2O56P3. The Balaban J connectivity index is 1.39. The van der Waals surface area contributed by atoms with Crippen molar-refractivity contribution >= 4 is 35.4 Å². The molecule has 8 aliphatic rings. The van der Waals surface area contributed by atoms with E-state index < -0.39 is 384 Å². The zero-order chi connectivity index (χ0) is 89.4. The van der Waals surface area contributed by atoms with Crippen LogP contribution in [-0.2, 0) is 121 Å². The first-order valence-corrected chi connectivity index (χ1v) is 41.0. The Bertz CT molecular complexity index is 3320. The molecule has 8 fully saturated rings. The maximum atomic E-state index is 13.8. The van der Waals surface area contributed by atoms with Crippen molar-refractivity contribution < 1.29 is 274 Å². The Morgan fingerprint density at radius 2 is 0.767 bits per heavy atom. The van der Waals surface area contributed by atoms with E-state index in [4.69, 9.17) is 101 Å². The van der Waals surface area contributed by atoms with Gasteiger partial charge in [0.05, 0.1) is 66.1 Å². The fraction of sp³-hybridized carbons (Fsp3) is 0.966. The van der Waals surface area contributed by atoms with Gasteiger partial charge in [0.25, 0.3) is 5.79 Å². The second-order valence-electron chi connectivity index (χ2n) is 28.3. The summed E-state index contributed by atoms with van der Waals surface area (Å²) in [7, 11) is -18.0. The van der Waals surface area contributed by atoms with E-state index in [2.05, 4.69) is 8.83 Å². The van der Waals surface area contributed by atoms with Gasteiger partial charge in [-0.3, -0.25) is 22.9 Å². The zero-order valence-electron chi connectivity index (χ0n) is 62.5. The first kappa shape index (κ1) is 103. The molecule has 0 aromatic carbocycles. The number of aliphatic hydroxyl groups excluding tert-OH is 25. The Hall–Kier alpha value is -2.41. The molecule has 46 atom stereocenters. The number of hydrogen-bond acceptors (Lipinski definition) is 54. The van der Waals surface area contributed by atoms with Crippen LogP contribution in [0, 0.1) is 0 Å². The quantitative estimate of drug-likeness (QED) is 0.0200. The molecule has 0 bridgehead atoms. The fourth-order valence-electron chi connectivity index (χ4n) is 13.9. The maximum Gasteiger partial charge on any atom is 0.481 e. The van der Waals surface area contributed by atoms with E-state index in [0.29, 0.717) is 6.92 Å². The molecule has 0 aromatic rings. The Morgan fingerprint density at radius 3 is 1.23 bits per heavy atom. The van der Waals surface area contributed by atoms with Crippen LogP contribution in [0.5, 0.6) is 0 Å². The maximum absolute atomic E-state index is 13.8. The van der Waals surface area contributed by atoms with Gasteiger partial charge in [-0.15, -0.1) is 0 Å². The lowest BCUT2D eigenvalue weighted by atomic mass is 9.91. The summed E-state index contributed by atoms with van der Waals surface area (Å²) in [6.45, 7) is -13.7. The van der Waals surface area contributed by atoms with E-state index in [1.54, 1.807) is 0 Å². The number of aliphatic carboxylic acids is 1. The molecule has 8 rings (SSSR count). The van der Waals surface area contributed by atoms with Crippen LogP contribution in [0.4, 0.5) is 0 Å². The molecule has 702 valence electrons. The van der Waals surface area contributed by atoms with Crippen molar-refractivity contribution in [2.45, 2.75) is 277 Å². The fourth-order valence-corrected chi connectivity index (χ4v) is 17.1. The molecule has 0 saturated carbocycles. The van der Waals surface area contributed by atoms with Gasteiger partial charge in [-0.05, 0) is 0 Å². The highest BCUT2D eigenvalue weighted by atomic mass is 31.3. The standard InChI is InChI=1S/C59H105N2O56P3/c1-15(70)99-49-45(109-52-33(82)29(78)26(75)21(11-66)101-52)36(85)39(16(71)7-62)104-56(49)113-50-46(110-54-35(84)31(80)42(23(13-68)103-54)106-51-32(81)28(77)25(74)20(10-65)100-51)37(86)43(24(14-69)116-118(91,92)97-4-2-60)107-57(50)111-47-38(87)55(105-40(17(72)8-63)48(47)112-53-34(83)30(79)27(76)22(12-67)102-53)108-44-19(115-120(95,96)117-119(93,94)98-5-3-61)6-59(90,58(88)89)114-41(44)18(73)9-64/h16-57,62-69,71-87,90H,2-14,60-61H2,1H3,(H,88,89)(H,91,92)(H,93,94)(H,95,96)/t16-,17-,18+,19+,20+,21+,22+,23+,24-,25+,26+,27+,28-,29-,30-,31+,32+,33+,34+,35+,36+,37+,38-,39+,40+,41+,42+,43+,44+,45-,46-,47+,48+,49-,50-,51-,52-,53-,54+,55+,56+,57+,59+/m0/s1. The summed E-state index contributed by atoms with van der Waals surface area (Å²) < 4.78 is 159. The van der Waals surface area contributed by atoms with Gasteiger partial charge in [-0.1, -0.05) is 0 Å². The predicted octanol–water partition coefficient (Wildman–Crippen LogP) is -19.6. The molecule has 0 aromatic heterocycles. The molecule has 120 heavy (non-hydrogen) atoms. The third kappa shape index (κ3) is 24.0. The summed E-state index contributed by atoms with van der Waals surface area (Å²) in [6.07, 6.45) is -110. The Morgan fingerprint density at radius 1 is 0.400 bits per heavy atom. The lowest BCUT2D eigenvalue weighted by molar-refractivity contribution is -0.426. The van der Waals surface area contributed by atoms with Crippen LogP contribution in [0.1, 0.15) is 13.3 Å². The number of ether oxygens (including phenoxy) is 16. The number of esters is 1. The number of carboxylic acid groups (broad SMARTS) is 1. The monoisotopic (exact) mass is 1830 g/mol. The molecule has 8 saturated heterocycles. The molecule has 0 aliphatic carbocycles. The summed E-state index contributed by atoms with van der Waals surface area (Å²) in [6, 6.07) is 0. The minimum absolute atomic E-state index is 0.566. The molecule has 0 amide bonds.